The van der Waals surface area contributed by atoms with Gasteiger partial charge < -0.3 is 18.9 Å². The molecule has 2 heterocycles. The maximum absolute atomic E-state index is 12.7. The number of esters is 2. The third-order valence-corrected chi connectivity index (χ3v) is 7.32. The Labute approximate surface area is 187 Å². The quantitative estimate of drug-likeness (QED) is 0.520. The van der Waals surface area contributed by atoms with Crippen molar-refractivity contribution < 1.29 is 32.3 Å². The van der Waals surface area contributed by atoms with Crippen LogP contribution in [0, 0.1) is 0 Å². The molecule has 0 N–H and O–H groups in total. The zero-order chi connectivity index (χ0) is 23.3. The molecule has 1 aromatic carbocycles. The van der Waals surface area contributed by atoms with Crippen molar-refractivity contribution in [2.45, 2.75) is 38.8 Å². The molecule has 3 rings (SSSR count). The van der Waals surface area contributed by atoms with E-state index in [1.807, 2.05) is 6.92 Å². The summed E-state index contributed by atoms with van der Waals surface area (Å²) in [7, 11) is -1.86. The number of methoxy groups -OCH3 is 1. The molecule has 174 valence electrons. The van der Waals surface area contributed by atoms with Gasteiger partial charge in [-0.1, -0.05) is 31.5 Å². The van der Waals surface area contributed by atoms with Gasteiger partial charge in [0.2, 0.25) is 0 Å². The summed E-state index contributed by atoms with van der Waals surface area (Å²) in [5.74, 6) is -1.54. The van der Waals surface area contributed by atoms with E-state index in [0.29, 0.717) is 29.4 Å². The average Bonchev–Trinajstić information content (AvgIpc) is 3.32. The standard InChI is InChI=1S/C22H28N2O7S/c1-3-4-10-24(16-9-11-32(28,29)15-16)20(25)14-31-21(26)13-23-12-18(22(27)30-2)17-7-5-6-8-19(17)23/h5-8,12,16H,3-4,9-11,13-15H2,1-2H3. The predicted molar refractivity (Wildman–Crippen MR) is 118 cm³/mol. The fourth-order valence-corrected chi connectivity index (χ4v) is 5.65. The second kappa shape index (κ2) is 10.2. The van der Waals surface area contributed by atoms with Gasteiger partial charge >= 0.3 is 11.9 Å². The molecule has 1 aliphatic rings. The minimum atomic E-state index is -3.14. The minimum absolute atomic E-state index is 0.0535. The SMILES string of the molecule is CCCCN(C(=O)COC(=O)Cn1cc(C(=O)OC)c2ccccc21)C1CCS(=O)(=O)C1. The van der Waals surface area contributed by atoms with Gasteiger partial charge in [0.15, 0.2) is 16.4 Å². The first kappa shape index (κ1) is 23.8. The molecule has 1 amide bonds. The first-order valence-electron chi connectivity index (χ1n) is 10.6. The number of hydrogen-bond donors (Lipinski definition) is 0. The second-order valence-electron chi connectivity index (χ2n) is 7.84. The molecule has 1 aromatic heterocycles. The van der Waals surface area contributed by atoms with Crippen molar-refractivity contribution in [1.82, 2.24) is 9.47 Å². The van der Waals surface area contributed by atoms with Crippen LogP contribution in [0.4, 0.5) is 0 Å². The van der Waals surface area contributed by atoms with Crippen LogP contribution in [0.15, 0.2) is 30.5 Å². The van der Waals surface area contributed by atoms with Gasteiger partial charge in [-0.25, -0.2) is 13.2 Å². The third-order valence-electron chi connectivity index (χ3n) is 5.57. The molecule has 32 heavy (non-hydrogen) atoms. The summed E-state index contributed by atoms with van der Waals surface area (Å²) in [5, 5.41) is 0.649. The summed E-state index contributed by atoms with van der Waals surface area (Å²) in [6.07, 6.45) is 3.52. The number of hydrogen-bond acceptors (Lipinski definition) is 7. The van der Waals surface area contributed by atoms with Gasteiger partial charge in [-0.15, -0.1) is 0 Å². The van der Waals surface area contributed by atoms with E-state index < -0.39 is 34.3 Å². The topological polar surface area (TPSA) is 112 Å². The maximum atomic E-state index is 12.7. The molecule has 1 aliphatic heterocycles. The molecule has 1 fully saturated rings. The Kier molecular flexibility index (Phi) is 7.55. The van der Waals surface area contributed by atoms with Crippen LogP contribution in [0.5, 0.6) is 0 Å². The fraction of sp³-hybridized carbons (Fsp3) is 0.500. The van der Waals surface area contributed by atoms with Crippen LogP contribution in [0.2, 0.25) is 0 Å². The van der Waals surface area contributed by atoms with Gasteiger partial charge in [0.25, 0.3) is 5.91 Å². The number of nitrogens with zero attached hydrogens (tertiary/aromatic N) is 2. The summed E-state index contributed by atoms with van der Waals surface area (Å²) < 4.78 is 35.2. The number of carbonyl (C=O) groups is 3. The van der Waals surface area contributed by atoms with Crippen LogP contribution in [-0.4, -0.2) is 73.5 Å². The zero-order valence-corrected chi connectivity index (χ0v) is 19.1. The van der Waals surface area contributed by atoms with Gasteiger partial charge in [-0.05, 0) is 18.9 Å². The molecule has 2 aromatic rings. The number of benzene rings is 1. The van der Waals surface area contributed by atoms with Crippen molar-refractivity contribution in [2.75, 3.05) is 31.8 Å². The number of aromatic nitrogens is 1. The molecule has 1 saturated heterocycles. The predicted octanol–water partition coefficient (Wildman–Crippen LogP) is 1.79. The number of ether oxygens (including phenoxy) is 2. The Bertz CT molecular complexity index is 1110. The molecule has 1 unspecified atom stereocenters. The molecule has 0 radical (unpaired) electrons. The Morgan fingerprint density at radius 3 is 2.62 bits per heavy atom. The van der Waals surface area contributed by atoms with Gasteiger partial charge in [0.05, 0.1) is 24.2 Å². The highest BCUT2D eigenvalue weighted by molar-refractivity contribution is 7.91. The third kappa shape index (κ3) is 5.48. The average molecular weight is 465 g/mol. The van der Waals surface area contributed by atoms with Crippen LogP contribution in [0.3, 0.4) is 0 Å². The number of sulfone groups is 1. The minimum Gasteiger partial charge on any atom is -0.465 e. The van der Waals surface area contributed by atoms with Crippen molar-refractivity contribution >= 4 is 38.6 Å². The lowest BCUT2D eigenvalue weighted by Gasteiger charge is -2.28. The highest BCUT2D eigenvalue weighted by Crippen LogP contribution is 2.22. The summed E-state index contributed by atoms with van der Waals surface area (Å²) in [6.45, 7) is 1.77. The van der Waals surface area contributed by atoms with E-state index in [9.17, 15) is 22.8 Å². The molecule has 0 aliphatic carbocycles. The van der Waals surface area contributed by atoms with E-state index >= 15 is 0 Å². The number of carbonyl (C=O) groups excluding carboxylic acids is 3. The van der Waals surface area contributed by atoms with Crippen LogP contribution in [-0.2, 0) is 35.4 Å². The monoisotopic (exact) mass is 464 g/mol. The van der Waals surface area contributed by atoms with Crippen molar-refractivity contribution in [3.8, 4) is 0 Å². The zero-order valence-electron chi connectivity index (χ0n) is 18.3. The molecular formula is C22H28N2O7S. The first-order valence-corrected chi connectivity index (χ1v) is 12.4. The van der Waals surface area contributed by atoms with E-state index in [-0.39, 0.29) is 24.1 Å². The number of fused-ring (bicyclic) bond motifs is 1. The molecule has 1 atom stereocenters. The second-order valence-corrected chi connectivity index (χ2v) is 10.1. The summed E-state index contributed by atoms with van der Waals surface area (Å²) >= 11 is 0. The van der Waals surface area contributed by atoms with Crippen molar-refractivity contribution in [3.63, 3.8) is 0 Å². The molecule has 9 nitrogen and oxygen atoms in total. The summed E-state index contributed by atoms with van der Waals surface area (Å²) in [4.78, 5) is 38.7. The van der Waals surface area contributed by atoms with E-state index in [4.69, 9.17) is 9.47 Å². The number of unbranched alkanes of at least 4 members (excludes halogenated alkanes) is 1. The number of para-hydroxylation sites is 1. The van der Waals surface area contributed by atoms with E-state index in [1.165, 1.54) is 18.2 Å². The smallest absolute Gasteiger partial charge is 0.340 e. The van der Waals surface area contributed by atoms with Crippen molar-refractivity contribution in [2.24, 2.45) is 0 Å². The first-order chi connectivity index (χ1) is 15.3. The Balaban J connectivity index is 1.66. The molecule has 0 saturated carbocycles. The molecule has 0 bridgehead atoms. The summed E-state index contributed by atoms with van der Waals surface area (Å²) in [6, 6.07) is 6.72. The van der Waals surface area contributed by atoms with E-state index in [1.54, 1.807) is 28.8 Å². The number of rotatable bonds is 9. The van der Waals surface area contributed by atoms with Gasteiger partial charge in [-0.3, -0.25) is 9.59 Å². The molecule has 10 heteroatoms. The van der Waals surface area contributed by atoms with Crippen LogP contribution in [0.25, 0.3) is 10.9 Å². The largest absolute Gasteiger partial charge is 0.465 e. The lowest BCUT2D eigenvalue weighted by Crippen LogP contribution is -2.44. The van der Waals surface area contributed by atoms with Crippen molar-refractivity contribution in [3.05, 3.63) is 36.0 Å². The fourth-order valence-electron chi connectivity index (χ4n) is 3.92. The molecule has 0 spiro atoms. The van der Waals surface area contributed by atoms with E-state index in [2.05, 4.69) is 0 Å². The van der Waals surface area contributed by atoms with Crippen molar-refractivity contribution in [1.29, 1.82) is 0 Å². The maximum Gasteiger partial charge on any atom is 0.340 e. The highest BCUT2D eigenvalue weighted by atomic mass is 32.2. The van der Waals surface area contributed by atoms with Crippen LogP contribution < -0.4 is 0 Å². The Morgan fingerprint density at radius 2 is 1.97 bits per heavy atom. The lowest BCUT2D eigenvalue weighted by atomic mass is 10.2. The van der Waals surface area contributed by atoms with E-state index in [0.717, 1.165) is 12.8 Å². The van der Waals surface area contributed by atoms with Gasteiger partial charge in [0, 0.05) is 29.7 Å². The number of amides is 1. The lowest BCUT2D eigenvalue weighted by molar-refractivity contribution is -0.153. The molecular weight excluding hydrogens is 436 g/mol. The Hall–Kier alpha value is -2.88. The van der Waals surface area contributed by atoms with Gasteiger partial charge in [-0.2, -0.15) is 0 Å². The van der Waals surface area contributed by atoms with Gasteiger partial charge in [0.1, 0.15) is 6.54 Å². The Morgan fingerprint density at radius 1 is 1.22 bits per heavy atom. The van der Waals surface area contributed by atoms with Crippen LogP contribution >= 0.6 is 0 Å². The van der Waals surface area contributed by atoms with Crippen LogP contribution in [0.1, 0.15) is 36.5 Å². The highest BCUT2D eigenvalue weighted by Gasteiger charge is 2.34. The summed E-state index contributed by atoms with van der Waals surface area (Å²) in [5.41, 5.74) is 0.997. The normalized spacial score (nSPS) is 17.2.